The van der Waals surface area contributed by atoms with Crippen LogP contribution in [0.1, 0.15) is 32.4 Å². The number of anilines is 1. The molecule has 0 spiro atoms. The van der Waals surface area contributed by atoms with Crippen LogP contribution in [0, 0.1) is 0 Å². The predicted octanol–water partition coefficient (Wildman–Crippen LogP) is 1.54. The van der Waals surface area contributed by atoms with Gasteiger partial charge in [0.05, 0.1) is 5.57 Å². The first-order valence-electron chi connectivity index (χ1n) is 7.90. The molecule has 3 rings (SSSR count). The molecule has 0 saturated heterocycles. The van der Waals surface area contributed by atoms with E-state index >= 15 is 0 Å². The molecule has 0 saturated carbocycles. The molecule has 2 N–H and O–H groups in total. The monoisotopic (exact) mass is 328 g/mol. The summed E-state index contributed by atoms with van der Waals surface area (Å²) in [5.74, 6) is 0.532. The van der Waals surface area contributed by atoms with Gasteiger partial charge in [0, 0.05) is 18.8 Å². The molecule has 1 aromatic carbocycles. The molecule has 2 heterocycles. The maximum absolute atomic E-state index is 13.1. The zero-order valence-electron chi connectivity index (χ0n) is 13.9. The number of phenolic OH excluding ortho intramolecular Hbond substituents is 1. The number of hydrogen-bond acceptors (Lipinski definition) is 6. The molecule has 1 aromatic heterocycles. The van der Waals surface area contributed by atoms with Crippen LogP contribution >= 0.6 is 0 Å². The van der Waals surface area contributed by atoms with E-state index in [-0.39, 0.29) is 11.7 Å². The van der Waals surface area contributed by atoms with Crippen molar-refractivity contribution >= 4 is 11.9 Å². The molecule has 0 fully saturated rings. The lowest BCUT2D eigenvalue weighted by Gasteiger charge is -2.31. The first kappa shape index (κ1) is 16.0. The van der Waals surface area contributed by atoms with Gasteiger partial charge >= 0.3 is 0 Å². The lowest BCUT2D eigenvalue weighted by atomic mass is 9.94. The highest BCUT2D eigenvalue weighted by atomic mass is 16.3. The number of tetrazole rings is 1. The lowest BCUT2D eigenvalue weighted by molar-refractivity contribution is -0.127. The van der Waals surface area contributed by atoms with Gasteiger partial charge in [0.1, 0.15) is 11.8 Å². The van der Waals surface area contributed by atoms with Gasteiger partial charge < -0.3 is 15.3 Å². The van der Waals surface area contributed by atoms with Crippen molar-refractivity contribution in [2.45, 2.75) is 26.8 Å². The molecule has 1 atom stereocenters. The van der Waals surface area contributed by atoms with Crippen molar-refractivity contribution < 1.29 is 9.90 Å². The third-order valence-electron chi connectivity index (χ3n) is 4.18. The fourth-order valence-corrected chi connectivity index (χ4v) is 2.97. The number of nitrogens with one attached hydrogen (secondary N) is 1. The van der Waals surface area contributed by atoms with Crippen molar-refractivity contribution in [1.29, 1.82) is 0 Å². The van der Waals surface area contributed by atoms with Crippen molar-refractivity contribution in [2.24, 2.45) is 0 Å². The standard InChI is InChI=1S/C16H20N6O2/c1-4-21(5-2)15(24)13-10(3)17-16-18-19-20-22(16)14(13)11-7-6-8-12(23)9-11/h6-9,14,23H,4-5H2,1-3H3,(H,17,18,20). The molecule has 0 radical (unpaired) electrons. The first-order valence-corrected chi connectivity index (χ1v) is 7.90. The minimum absolute atomic E-state index is 0.0699. The van der Waals surface area contributed by atoms with Gasteiger partial charge in [0.25, 0.3) is 5.91 Å². The molecule has 1 amide bonds. The third-order valence-corrected chi connectivity index (χ3v) is 4.18. The molecule has 0 bridgehead atoms. The summed E-state index contributed by atoms with van der Waals surface area (Å²) in [5, 5.41) is 24.6. The van der Waals surface area contributed by atoms with Crippen LogP contribution in [0.3, 0.4) is 0 Å². The Morgan fingerprint density at radius 1 is 1.38 bits per heavy atom. The largest absolute Gasteiger partial charge is 0.508 e. The summed E-state index contributed by atoms with van der Waals surface area (Å²) in [6.45, 7) is 6.95. The Balaban J connectivity index is 2.15. The smallest absolute Gasteiger partial charge is 0.254 e. The van der Waals surface area contributed by atoms with E-state index in [2.05, 4.69) is 20.8 Å². The summed E-state index contributed by atoms with van der Waals surface area (Å²) in [5.41, 5.74) is 2.03. The molecule has 0 aliphatic carbocycles. The highest BCUT2D eigenvalue weighted by Gasteiger charge is 2.35. The minimum Gasteiger partial charge on any atom is -0.508 e. The van der Waals surface area contributed by atoms with E-state index in [4.69, 9.17) is 0 Å². The fourth-order valence-electron chi connectivity index (χ4n) is 2.97. The second-order valence-electron chi connectivity index (χ2n) is 5.59. The molecular weight excluding hydrogens is 308 g/mol. The second kappa shape index (κ2) is 6.31. The number of hydrogen-bond donors (Lipinski definition) is 2. The van der Waals surface area contributed by atoms with Crippen molar-refractivity contribution in [1.82, 2.24) is 25.1 Å². The van der Waals surface area contributed by atoms with E-state index in [1.54, 1.807) is 27.8 Å². The molecule has 24 heavy (non-hydrogen) atoms. The predicted molar refractivity (Wildman–Crippen MR) is 88.3 cm³/mol. The second-order valence-corrected chi connectivity index (χ2v) is 5.59. The number of likely N-dealkylation sites (N-methyl/N-ethyl adjacent to an activating group) is 1. The minimum atomic E-state index is -0.489. The van der Waals surface area contributed by atoms with Crippen molar-refractivity contribution in [2.75, 3.05) is 18.4 Å². The average molecular weight is 328 g/mol. The number of carbonyl (C=O) groups is 1. The number of amides is 1. The van der Waals surface area contributed by atoms with Crippen LogP contribution < -0.4 is 5.32 Å². The maximum Gasteiger partial charge on any atom is 0.254 e. The van der Waals surface area contributed by atoms with Crippen LogP contribution in [0.25, 0.3) is 0 Å². The summed E-state index contributed by atoms with van der Waals surface area (Å²) in [7, 11) is 0. The summed E-state index contributed by atoms with van der Waals surface area (Å²) in [6, 6.07) is 6.32. The molecule has 2 aromatic rings. The summed E-state index contributed by atoms with van der Waals surface area (Å²) >= 11 is 0. The summed E-state index contributed by atoms with van der Waals surface area (Å²) < 4.78 is 1.57. The van der Waals surface area contributed by atoms with E-state index in [1.165, 1.54) is 0 Å². The summed E-state index contributed by atoms with van der Waals surface area (Å²) in [6.07, 6.45) is 0. The first-order chi connectivity index (χ1) is 11.6. The quantitative estimate of drug-likeness (QED) is 0.884. The van der Waals surface area contributed by atoms with Crippen LogP contribution in [0.2, 0.25) is 0 Å². The number of carbonyl (C=O) groups excluding carboxylic acids is 1. The fraction of sp³-hybridized carbons (Fsp3) is 0.375. The van der Waals surface area contributed by atoms with Gasteiger partial charge in [0.15, 0.2) is 0 Å². The number of aromatic nitrogens is 4. The highest BCUT2D eigenvalue weighted by Crippen LogP contribution is 2.36. The van der Waals surface area contributed by atoms with Crippen LogP contribution in [-0.4, -0.2) is 49.2 Å². The average Bonchev–Trinajstić information content (AvgIpc) is 3.02. The molecule has 126 valence electrons. The number of benzene rings is 1. The number of phenols is 1. The number of allylic oxidation sites excluding steroid dienone is 1. The Morgan fingerprint density at radius 2 is 2.12 bits per heavy atom. The molecular formula is C16H20N6O2. The number of aromatic hydroxyl groups is 1. The Kier molecular flexibility index (Phi) is 4.20. The highest BCUT2D eigenvalue weighted by molar-refractivity contribution is 5.96. The van der Waals surface area contributed by atoms with Crippen LogP contribution in [0.4, 0.5) is 5.95 Å². The third kappa shape index (κ3) is 2.60. The molecule has 1 unspecified atom stereocenters. The molecule has 1 aliphatic heterocycles. The number of rotatable bonds is 4. The van der Waals surface area contributed by atoms with Gasteiger partial charge in [-0.25, -0.2) is 0 Å². The Hall–Kier alpha value is -2.90. The van der Waals surface area contributed by atoms with Crippen LogP contribution in [0.15, 0.2) is 35.5 Å². The Morgan fingerprint density at radius 3 is 2.79 bits per heavy atom. The molecule has 8 nitrogen and oxygen atoms in total. The van der Waals surface area contributed by atoms with Gasteiger partial charge in [0.2, 0.25) is 5.95 Å². The van der Waals surface area contributed by atoms with Gasteiger partial charge in [-0.1, -0.05) is 17.2 Å². The zero-order valence-corrected chi connectivity index (χ0v) is 13.9. The van der Waals surface area contributed by atoms with Gasteiger partial charge in [-0.2, -0.15) is 4.68 Å². The van der Waals surface area contributed by atoms with Crippen molar-refractivity contribution in [3.63, 3.8) is 0 Å². The van der Waals surface area contributed by atoms with Crippen molar-refractivity contribution in [3.8, 4) is 5.75 Å². The molecule has 1 aliphatic rings. The van der Waals surface area contributed by atoms with E-state index in [0.717, 1.165) is 5.56 Å². The Bertz CT molecular complexity index is 793. The van der Waals surface area contributed by atoms with Gasteiger partial charge in [-0.3, -0.25) is 4.79 Å². The normalized spacial score (nSPS) is 16.5. The van der Waals surface area contributed by atoms with Crippen LogP contribution in [-0.2, 0) is 4.79 Å². The maximum atomic E-state index is 13.1. The van der Waals surface area contributed by atoms with E-state index in [0.29, 0.717) is 30.3 Å². The van der Waals surface area contributed by atoms with E-state index < -0.39 is 6.04 Å². The van der Waals surface area contributed by atoms with Gasteiger partial charge in [-0.15, -0.1) is 0 Å². The topological polar surface area (TPSA) is 96.2 Å². The van der Waals surface area contributed by atoms with Crippen LogP contribution in [0.5, 0.6) is 5.75 Å². The van der Waals surface area contributed by atoms with E-state index in [1.807, 2.05) is 26.8 Å². The summed E-state index contributed by atoms with van der Waals surface area (Å²) in [4.78, 5) is 14.8. The number of fused-ring (bicyclic) bond motifs is 1. The SMILES string of the molecule is CCN(CC)C(=O)C1=C(C)Nc2nnnn2C1c1cccc(O)c1. The van der Waals surface area contributed by atoms with Crippen molar-refractivity contribution in [3.05, 3.63) is 41.1 Å². The Labute approximate surface area is 139 Å². The number of nitrogens with zero attached hydrogens (tertiary/aromatic N) is 5. The lowest BCUT2D eigenvalue weighted by Crippen LogP contribution is -2.38. The van der Waals surface area contributed by atoms with Gasteiger partial charge in [-0.05, 0) is 48.9 Å². The molecule has 8 heteroatoms. The van der Waals surface area contributed by atoms with E-state index in [9.17, 15) is 9.90 Å². The zero-order chi connectivity index (χ0) is 17.3.